The van der Waals surface area contributed by atoms with Crippen molar-refractivity contribution in [1.29, 1.82) is 0 Å². The van der Waals surface area contributed by atoms with Crippen LogP contribution >= 0.6 is 25.3 Å². The van der Waals surface area contributed by atoms with E-state index in [2.05, 4.69) is 25.3 Å². The van der Waals surface area contributed by atoms with E-state index in [0.29, 0.717) is 0 Å². The Labute approximate surface area is 147 Å². The maximum Gasteiger partial charge on any atom is 0.286 e. The summed E-state index contributed by atoms with van der Waals surface area (Å²) in [6, 6.07) is 5.59. The van der Waals surface area contributed by atoms with E-state index in [1.54, 1.807) is 0 Å². The molecule has 126 valence electrons. The normalized spacial score (nSPS) is 11.3. The summed E-state index contributed by atoms with van der Waals surface area (Å²) >= 11 is 7.87. The van der Waals surface area contributed by atoms with E-state index in [1.165, 1.54) is 25.1 Å². The van der Waals surface area contributed by atoms with Crippen molar-refractivity contribution >= 4 is 46.5 Å². The van der Waals surface area contributed by atoms with Gasteiger partial charge in [0, 0.05) is 11.6 Å². The van der Waals surface area contributed by atoms with Gasteiger partial charge >= 0.3 is 0 Å². The molecule has 0 aliphatic heterocycles. The minimum atomic E-state index is -4.19. The standard InChI is InChI=1S/C13H10N2O6S3/c1-7-12(5-4-11(23)13(7)15(18)19)24(20,21)8-2-3-10(22)9(6-8)14(16)17/h2-6,22-23H,1H3. The largest absolute Gasteiger partial charge is 0.286 e. The van der Waals surface area contributed by atoms with Crippen LogP contribution in [0.1, 0.15) is 5.56 Å². The maximum atomic E-state index is 12.7. The highest BCUT2D eigenvalue weighted by Crippen LogP contribution is 2.35. The summed E-state index contributed by atoms with van der Waals surface area (Å²) in [5, 5.41) is 22.1. The average Bonchev–Trinajstić information content (AvgIpc) is 2.46. The first kappa shape index (κ1) is 18.2. The van der Waals surface area contributed by atoms with Crippen LogP contribution < -0.4 is 0 Å². The van der Waals surface area contributed by atoms with Gasteiger partial charge in [-0.2, -0.15) is 0 Å². The number of sulfone groups is 1. The van der Waals surface area contributed by atoms with Crippen LogP contribution in [0.2, 0.25) is 0 Å². The molecule has 0 heterocycles. The lowest BCUT2D eigenvalue weighted by Crippen LogP contribution is -2.07. The number of rotatable bonds is 4. The molecule has 2 aromatic carbocycles. The van der Waals surface area contributed by atoms with Gasteiger partial charge in [0.2, 0.25) is 9.84 Å². The Hall–Kier alpha value is -2.11. The van der Waals surface area contributed by atoms with Crippen molar-refractivity contribution in [2.24, 2.45) is 0 Å². The lowest BCUT2D eigenvalue weighted by Gasteiger charge is -2.10. The third-order valence-corrected chi connectivity index (χ3v) is 5.92. The summed E-state index contributed by atoms with van der Waals surface area (Å²) in [7, 11) is -4.19. The first-order chi connectivity index (χ1) is 11.1. The summed E-state index contributed by atoms with van der Waals surface area (Å²) in [5.74, 6) is 0. The zero-order valence-electron chi connectivity index (χ0n) is 12.0. The number of hydrogen-bond acceptors (Lipinski definition) is 8. The molecule has 0 spiro atoms. The van der Waals surface area contributed by atoms with Gasteiger partial charge in [-0.1, -0.05) is 0 Å². The van der Waals surface area contributed by atoms with Crippen LogP contribution in [0.3, 0.4) is 0 Å². The van der Waals surface area contributed by atoms with E-state index < -0.39 is 31.1 Å². The highest BCUT2D eigenvalue weighted by Gasteiger charge is 2.28. The highest BCUT2D eigenvalue weighted by atomic mass is 32.2. The fourth-order valence-electron chi connectivity index (χ4n) is 2.13. The Morgan fingerprint density at radius 1 is 0.958 bits per heavy atom. The molecular formula is C13H10N2O6S3. The van der Waals surface area contributed by atoms with Crippen molar-refractivity contribution in [3.05, 3.63) is 56.1 Å². The number of nitro groups is 2. The average molecular weight is 386 g/mol. The highest BCUT2D eigenvalue weighted by molar-refractivity contribution is 7.91. The molecule has 0 aliphatic carbocycles. The summed E-state index contributed by atoms with van der Waals surface area (Å²) in [5.41, 5.74) is -0.998. The number of benzene rings is 2. The molecule has 2 rings (SSSR count). The van der Waals surface area contributed by atoms with E-state index in [0.717, 1.165) is 12.1 Å². The van der Waals surface area contributed by atoms with E-state index in [9.17, 15) is 28.6 Å². The van der Waals surface area contributed by atoms with Crippen LogP contribution in [-0.4, -0.2) is 18.3 Å². The van der Waals surface area contributed by atoms with Crippen molar-refractivity contribution in [3.63, 3.8) is 0 Å². The van der Waals surface area contributed by atoms with Crippen LogP contribution in [0, 0.1) is 27.2 Å². The lowest BCUT2D eigenvalue weighted by molar-refractivity contribution is -0.388. The van der Waals surface area contributed by atoms with Crippen LogP contribution in [0.5, 0.6) is 0 Å². The minimum Gasteiger partial charge on any atom is -0.258 e. The van der Waals surface area contributed by atoms with Crippen LogP contribution in [0.25, 0.3) is 0 Å². The molecule has 0 aliphatic rings. The van der Waals surface area contributed by atoms with Crippen molar-refractivity contribution in [1.82, 2.24) is 0 Å². The van der Waals surface area contributed by atoms with E-state index >= 15 is 0 Å². The third kappa shape index (κ3) is 3.09. The number of nitro benzene ring substituents is 2. The Kier molecular flexibility index (Phi) is 4.87. The third-order valence-electron chi connectivity index (χ3n) is 3.29. The molecule has 0 atom stereocenters. The van der Waals surface area contributed by atoms with Gasteiger partial charge in [-0.05, 0) is 31.2 Å². The van der Waals surface area contributed by atoms with Crippen molar-refractivity contribution < 1.29 is 18.3 Å². The molecule has 2 aromatic rings. The number of nitrogens with zero attached hydrogens (tertiary/aromatic N) is 2. The summed E-state index contributed by atoms with van der Waals surface area (Å²) in [4.78, 5) is 19.9. The molecule has 0 fully saturated rings. The lowest BCUT2D eigenvalue weighted by atomic mass is 10.2. The maximum absolute atomic E-state index is 12.7. The molecule has 11 heteroatoms. The SMILES string of the molecule is Cc1c(S(=O)(=O)c2ccc(S)c([N+](=O)[O-])c2)ccc(S)c1[N+](=O)[O-]. The van der Waals surface area contributed by atoms with E-state index in [-0.39, 0.29) is 25.1 Å². The second-order valence-electron chi connectivity index (χ2n) is 4.72. The summed E-state index contributed by atoms with van der Waals surface area (Å²) in [6.45, 7) is 1.28. The van der Waals surface area contributed by atoms with Gasteiger partial charge in [-0.25, -0.2) is 8.42 Å². The zero-order chi connectivity index (χ0) is 18.2. The minimum absolute atomic E-state index is 0.00681. The summed E-state index contributed by atoms with van der Waals surface area (Å²) < 4.78 is 25.5. The van der Waals surface area contributed by atoms with Gasteiger partial charge in [0.15, 0.2) is 0 Å². The second-order valence-corrected chi connectivity index (χ2v) is 7.61. The van der Waals surface area contributed by atoms with Gasteiger partial charge in [0.1, 0.15) is 0 Å². The molecule has 24 heavy (non-hydrogen) atoms. The molecule has 0 saturated carbocycles. The fraction of sp³-hybridized carbons (Fsp3) is 0.0769. The number of hydrogen-bond donors (Lipinski definition) is 2. The first-order valence-electron chi connectivity index (χ1n) is 6.27. The van der Waals surface area contributed by atoms with Gasteiger partial charge in [-0.15, -0.1) is 25.3 Å². The monoisotopic (exact) mass is 386 g/mol. The van der Waals surface area contributed by atoms with Gasteiger partial charge in [0.05, 0.1) is 29.4 Å². The topological polar surface area (TPSA) is 120 Å². The molecule has 0 unspecified atom stereocenters. The van der Waals surface area contributed by atoms with Gasteiger partial charge < -0.3 is 0 Å². The molecule has 0 bridgehead atoms. The molecule has 0 aromatic heterocycles. The molecule has 8 nitrogen and oxygen atoms in total. The molecule has 0 saturated heterocycles. The van der Waals surface area contributed by atoms with Gasteiger partial charge in [0.25, 0.3) is 11.4 Å². The van der Waals surface area contributed by atoms with Crippen molar-refractivity contribution in [3.8, 4) is 0 Å². The van der Waals surface area contributed by atoms with Crippen molar-refractivity contribution in [2.45, 2.75) is 26.5 Å². The number of thiol groups is 2. The Balaban J connectivity index is 2.73. The molecule has 0 radical (unpaired) electrons. The zero-order valence-corrected chi connectivity index (χ0v) is 14.6. The van der Waals surface area contributed by atoms with Crippen LogP contribution in [-0.2, 0) is 9.84 Å². The second kappa shape index (κ2) is 6.42. The predicted molar refractivity (Wildman–Crippen MR) is 90.9 cm³/mol. The molecule has 0 N–H and O–H groups in total. The Bertz CT molecular complexity index is 972. The Morgan fingerprint density at radius 3 is 2.08 bits per heavy atom. The quantitative estimate of drug-likeness (QED) is 0.473. The van der Waals surface area contributed by atoms with Crippen LogP contribution in [0.4, 0.5) is 11.4 Å². The van der Waals surface area contributed by atoms with E-state index in [4.69, 9.17) is 0 Å². The molecular weight excluding hydrogens is 376 g/mol. The summed E-state index contributed by atoms with van der Waals surface area (Å²) in [6.07, 6.45) is 0. The smallest absolute Gasteiger partial charge is 0.258 e. The fourth-order valence-corrected chi connectivity index (χ4v) is 4.19. The predicted octanol–water partition coefficient (Wildman–Crippen LogP) is 3.22. The Morgan fingerprint density at radius 2 is 1.54 bits per heavy atom. The van der Waals surface area contributed by atoms with Crippen molar-refractivity contribution in [2.75, 3.05) is 0 Å². The van der Waals surface area contributed by atoms with E-state index in [1.807, 2.05) is 0 Å². The van der Waals surface area contributed by atoms with Gasteiger partial charge in [-0.3, -0.25) is 20.2 Å². The van der Waals surface area contributed by atoms with Crippen LogP contribution in [0.15, 0.2) is 49.9 Å². The first-order valence-corrected chi connectivity index (χ1v) is 8.64. The molecule has 0 amide bonds.